The first-order valence-corrected chi connectivity index (χ1v) is 5.36. The summed E-state index contributed by atoms with van der Waals surface area (Å²) in [6.07, 6.45) is 3.30. The summed E-state index contributed by atoms with van der Waals surface area (Å²) < 4.78 is 0. The number of unbranched alkanes of at least 4 members (excludes halogenated alkanes) is 1. The number of aliphatic hydroxyl groups is 1. The van der Waals surface area contributed by atoms with Gasteiger partial charge in [0.15, 0.2) is 0 Å². The minimum Gasteiger partial charge on any atom is -0.396 e. The van der Waals surface area contributed by atoms with Crippen LogP contribution in [0.4, 0.5) is 0 Å². The molecule has 0 aliphatic rings. The van der Waals surface area contributed by atoms with Gasteiger partial charge < -0.3 is 10.4 Å². The predicted octanol–water partition coefficient (Wildman–Crippen LogP) is 2.17. The molecule has 80 valence electrons. The molecule has 0 aromatic rings. The van der Waals surface area contributed by atoms with Crippen LogP contribution in [0.5, 0.6) is 0 Å². The maximum atomic E-state index is 8.92. The summed E-state index contributed by atoms with van der Waals surface area (Å²) in [6, 6.07) is 0.434. The average Bonchev–Trinajstić information content (AvgIpc) is 2.01. The van der Waals surface area contributed by atoms with Crippen molar-refractivity contribution >= 4 is 0 Å². The molecule has 0 aromatic carbocycles. The van der Waals surface area contributed by atoms with Crippen LogP contribution in [0.2, 0.25) is 0 Å². The third-order valence-electron chi connectivity index (χ3n) is 2.38. The highest BCUT2D eigenvalue weighted by molar-refractivity contribution is 4.79. The lowest BCUT2D eigenvalue weighted by atomic mass is 9.85. The molecule has 0 saturated carbocycles. The molecule has 0 aliphatic carbocycles. The van der Waals surface area contributed by atoms with E-state index in [9.17, 15) is 0 Å². The number of aliphatic hydroxyl groups excluding tert-OH is 1. The highest BCUT2D eigenvalue weighted by Gasteiger charge is 2.22. The van der Waals surface area contributed by atoms with Crippen LogP contribution < -0.4 is 5.32 Å². The van der Waals surface area contributed by atoms with E-state index in [1.54, 1.807) is 0 Å². The molecule has 13 heavy (non-hydrogen) atoms. The Morgan fingerprint density at radius 1 is 1.31 bits per heavy atom. The zero-order valence-corrected chi connectivity index (χ0v) is 9.56. The lowest BCUT2D eigenvalue weighted by Crippen LogP contribution is -2.41. The molecule has 0 amide bonds. The number of rotatable bonds is 6. The third kappa shape index (κ3) is 6.05. The first-order chi connectivity index (χ1) is 6.02. The van der Waals surface area contributed by atoms with Crippen LogP contribution in [0, 0.1) is 5.41 Å². The van der Waals surface area contributed by atoms with Gasteiger partial charge in [0.25, 0.3) is 0 Å². The smallest absolute Gasteiger partial charge is 0.0446 e. The molecule has 0 bridgehead atoms. The first-order valence-electron chi connectivity index (χ1n) is 5.36. The summed E-state index contributed by atoms with van der Waals surface area (Å²) in [5.41, 5.74) is 0.246. The Morgan fingerprint density at radius 2 is 1.92 bits per heavy atom. The maximum Gasteiger partial charge on any atom is 0.0446 e. The monoisotopic (exact) mass is 187 g/mol. The van der Waals surface area contributed by atoms with Gasteiger partial charge in [0.05, 0.1) is 0 Å². The minimum absolute atomic E-state index is 0.246. The molecule has 0 aromatic heterocycles. The van der Waals surface area contributed by atoms with Crippen molar-refractivity contribution in [1.29, 1.82) is 0 Å². The van der Waals surface area contributed by atoms with Gasteiger partial charge in [-0.2, -0.15) is 0 Å². The van der Waals surface area contributed by atoms with Gasteiger partial charge in [0.2, 0.25) is 0 Å². The van der Waals surface area contributed by atoms with Gasteiger partial charge >= 0.3 is 0 Å². The molecule has 2 heteroatoms. The standard InChI is InChI=1S/C11H25NO/c1-5-6-8-12-10(7-9-13)11(2,3)4/h10,12-13H,5-9H2,1-4H3. The summed E-state index contributed by atoms with van der Waals surface area (Å²) in [5, 5.41) is 12.4. The Balaban J connectivity index is 3.81. The molecular weight excluding hydrogens is 162 g/mol. The van der Waals surface area contributed by atoms with Gasteiger partial charge in [-0.05, 0) is 24.8 Å². The summed E-state index contributed by atoms with van der Waals surface area (Å²) in [5.74, 6) is 0. The molecule has 1 atom stereocenters. The van der Waals surface area contributed by atoms with Gasteiger partial charge in [-0.1, -0.05) is 34.1 Å². The normalized spacial score (nSPS) is 14.5. The molecular formula is C11H25NO. The van der Waals surface area contributed by atoms with Crippen molar-refractivity contribution in [1.82, 2.24) is 5.32 Å². The van der Waals surface area contributed by atoms with Crippen LogP contribution in [-0.4, -0.2) is 24.3 Å². The van der Waals surface area contributed by atoms with Crippen LogP contribution in [0.15, 0.2) is 0 Å². The van der Waals surface area contributed by atoms with Gasteiger partial charge in [-0.15, -0.1) is 0 Å². The molecule has 0 aliphatic heterocycles. The average molecular weight is 187 g/mol. The molecule has 1 unspecified atom stereocenters. The van der Waals surface area contributed by atoms with Gasteiger partial charge in [-0.3, -0.25) is 0 Å². The Kier molecular flexibility index (Phi) is 6.35. The molecule has 0 spiro atoms. The summed E-state index contributed by atoms with van der Waals surface area (Å²) in [6.45, 7) is 10.2. The van der Waals surface area contributed by atoms with E-state index in [-0.39, 0.29) is 12.0 Å². The van der Waals surface area contributed by atoms with Crippen molar-refractivity contribution < 1.29 is 5.11 Å². The van der Waals surface area contributed by atoms with E-state index in [2.05, 4.69) is 33.0 Å². The fourth-order valence-corrected chi connectivity index (χ4v) is 1.42. The molecule has 0 rings (SSSR count). The lowest BCUT2D eigenvalue weighted by molar-refractivity contribution is 0.197. The topological polar surface area (TPSA) is 32.3 Å². The molecule has 2 N–H and O–H groups in total. The van der Waals surface area contributed by atoms with Crippen molar-refractivity contribution in [2.75, 3.05) is 13.2 Å². The van der Waals surface area contributed by atoms with Gasteiger partial charge in [-0.25, -0.2) is 0 Å². The van der Waals surface area contributed by atoms with E-state index in [1.165, 1.54) is 12.8 Å². The SMILES string of the molecule is CCCCNC(CCO)C(C)(C)C. The maximum absolute atomic E-state index is 8.92. The highest BCUT2D eigenvalue weighted by Crippen LogP contribution is 2.21. The molecule has 0 radical (unpaired) electrons. The van der Waals surface area contributed by atoms with Crippen LogP contribution >= 0.6 is 0 Å². The van der Waals surface area contributed by atoms with Crippen LogP contribution in [0.25, 0.3) is 0 Å². The number of nitrogens with one attached hydrogen (secondary N) is 1. The third-order valence-corrected chi connectivity index (χ3v) is 2.38. The van der Waals surface area contributed by atoms with Crippen molar-refractivity contribution in [3.8, 4) is 0 Å². The Labute approximate surface area is 82.7 Å². The van der Waals surface area contributed by atoms with Crippen molar-refractivity contribution in [2.24, 2.45) is 5.41 Å². The van der Waals surface area contributed by atoms with Gasteiger partial charge in [0.1, 0.15) is 0 Å². The largest absolute Gasteiger partial charge is 0.396 e. The Morgan fingerprint density at radius 3 is 2.31 bits per heavy atom. The second-order valence-electron chi connectivity index (χ2n) is 4.74. The fraction of sp³-hybridized carbons (Fsp3) is 1.00. The van der Waals surface area contributed by atoms with E-state index >= 15 is 0 Å². The minimum atomic E-state index is 0.246. The van der Waals surface area contributed by atoms with Crippen LogP contribution in [0.3, 0.4) is 0 Å². The zero-order valence-electron chi connectivity index (χ0n) is 9.56. The second-order valence-corrected chi connectivity index (χ2v) is 4.74. The Bertz CT molecular complexity index is 118. The quantitative estimate of drug-likeness (QED) is 0.625. The predicted molar refractivity (Wildman–Crippen MR) is 57.9 cm³/mol. The van der Waals surface area contributed by atoms with E-state index < -0.39 is 0 Å². The summed E-state index contributed by atoms with van der Waals surface area (Å²) in [7, 11) is 0. The summed E-state index contributed by atoms with van der Waals surface area (Å²) >= 11 is 0. The fourth-order valence-electron chi connectivity index (χ4n) is 1.42. The van der Waals surface area contributed by atoms with Crippen LogP contribution in [-0.2, 0) is 0 Å². The van der Waals surface area contributed by atoms with Crippen LogP contribution in [0.1, 0.15) is 47.0 Å². The van der Waals surface area contributed by atoms with Gasteiger partial charge in [0, 0.05) is 12.6 Å². The van der Waals surface area contributed by atoms with E-state index in [0.717, 1.165) is 13.0 Å². The molecule has 0 heterocycles. The Hall–Kier alpha value is -0.0800. The van der Waals surface area contributed by atoms with Crippen molar-refractivity contribution in [3.63, 3.8) is 0 Å². The number of hydrogen-bond acceptors (Lipinski definition) is 2. The number of hydrogen-bond donors (Lipinski definition) is 2. The lowest BCUT2D eigenvalue weighted by Gasteiger charge is -2.31. The highest BCUT2D eigenvalue weighted by atomic mass is 16.3. The van der Waals surface area contributed by atoms with Crippen molar-refractivity contribution in [2.45, 2.75) is 53.0 Å². The molecule has 0 saturated heterocycles. The molecule has 2 nitrogen and oxygen atoms in total. The first kappa shape index (κ1) is 12.9. The second kappa shape index (κ2) is 6.39. The zero-order chi connectivity index (χ0) is 10.3. The van der Waals surface area contributed by atoms with Crippen molar-refractivity contribution in [3.05, 3.63) is 0 Å². The van der Waals surface area contributed by atoms with E-state index in [4.69, 9.17) is 5.11 Å². The summed E-state index contributed by atoms with van der Waals surface area (Å²) in [4.78, 5) is 0. The molecule has 0 fully saturated rings. The van der Waals surface area contributed by atoms with E-state index in [1.807, 2.05) is 0 Å². The van der Waals surface area contributed by atoms with E-state index in [0.29, 0.717) is 6.04 Å².